The van der Waals surface area contributed by atoms with Crippen LogP contribution in [0.25, 0.3) is 0 Å². The molecule has 1 fully saturated rings. The van der Waals surface area contributed by atoms with E-state index in [9.17, 15) is 0 Å². The molecule has 76 valence electrons. The largest absolute Gasteiger partial charge is 0.378 e. The molecule has 1 N–H and O–H groups in total. The minimum atomic E-state index is 0.653. The van der Waals surface area contributed by atoms with Gasteiger partial charge in [-0.3, -0.25) is 0 Å². The Bertz CT molecular complexity index is 305. The van der Waals surface area contributed by atoms with Gasteiger partial charge in [-0.15, -0.1) is 0 Å². The Balaban J connectivity index is 2.05. The van der Waals surface area contributed by atoms with E-state index >= 15 is 0 Å². The number of nitrogens with one attached hydrogen (secondary N) is 1. The second kappa shape index (κ2) is 3.86. The maximum absolute atomic E-state index is 4.31. The fraction of sp³-hybridized carbons (Fsp3) is 0.545. The van der Waals surface area contributed by atoms with Crippen LogP contribution >= 0.6 is 0 Å². The molecule has 0 radical (unpaired) electrons. The molecule has 1 aliphatic carbocycles. The summed E-state index contributed by atoms with van der Waals surface area (Å²) in [5, 5.41) is 3.44. The van der Waals surface area contributed by atoms with Crippen molar-refractivity contribution in [2.75, 3.05) is 24.3 Å². The van der Waals surface area contributed by atoms with E-state index in [2.05, 4.69) is 21.3 Å². The van der Waals surface area contributed by atoms with Crippen molar-refractivity contribution < 1.29 is 0 Å². The maximum Gasteiger partial charge on any atom is 0.128 e. The van der Waals surface area contributed by atoms with Gasteiger partial charge >= 0.3 is 0 Å². The van der Waals surface area contributed by atoms with E-state index in [4.69, 9.17) is 0 Å². The highest BCUT2D eigenvalue weighted by molar-refractivity contribution is 5.53. The summed E-state index contributed by atoms with van der Waals surface area (Å²) in [7, 11) is 4.09. The van der Waals surface area contributed by atoms with Gasteiger partial charge < -0.3 is 10.2 Å². The van der Waals surface area contributed by atoms with Crippen LogP contribution in [0.2, 0.25) is 0 Å². The Morgan fingerprint density at radius 3 is 2.79 bits per heavy atom. The fourth-order valence-electron chi connectivity index (χ4n) is 1.54. The quantitative estimate of drug-likeness (QED) is 0.793. The molecule has 0 aromatic carbocycles. The lowest BCUT2D eigenvalue weighted by Crippen LogP contribution is -2.27. The first kappa shape index (κ1) is 9.31. The molecule has 3 nitrogen and oxygen atoms in total. The monoisotopic (exact) mass is 191 g/mol. The van der Waals surface area contributed by atoms with E-state index in [-0.39, 0.29) is 0 Å². The summed E-state index contributed by atoms with van der Waals surface area (Å²) >= 11 is 0. The Kier molecular flexibility index (Phi) is 2.57. The van der Waals surface area contributed by atoms with E-state index in [1.807, 2.05) is 26.4 Å². The number of anilines is 2. The Morgan fingerprint density at radius 1 is 1.43 bits per heavy atom. The molecule has 0 aliphatic heterocycles. The Hall–Kier alpha value is -1.25. The zero-order valence-corrected chi connectivity index (χ0v) is 8.83. The third-order valence-electron chi connectivity index (χ3n) is 2.72. The minimum Gasteiger partial charge on any atom is -0.378 e. The molecule has 1 aromatic rings. The second-order valence-corrected chi connectivity index (χ2v) is 4.07. The van der Waals surface area contributed by atoms with E-state index in [0.29, 0.717) is 6.04 Å². The van der Waals surface area contributed by atoms with Crippen molar-refractivity contribution >= 4 is 11.5 Å². The summed E-state index contributed by atoms with van der Waals surface area (Å²) < 4.78 is 0. The molecule has 0 spiro atoms. The van der Waals surface area contributed by atoms with Crippen molar-refractivity contribution in [3.05, 3.63) is 18.3 Å². The van der Waals surface area contributed by atoms with Crippen LogP contribution in [0.4, 0.5) is 11.5 Å². The van der Waals surface area contributed by atoms with Gasteiger partial charge in [-0.1, -0.05) is 0 Å². The van der Waals surface area contributed by atoms with Crippen molar-refractivity contribution in [1.82, 2.24) is 4.98 Å². The van der Waals surface area contributed by atoms with Crippen molar-refractivity contribution in [3.63, 3.8) is 0 Å². The Labute approximate surface area is 85.1 Å². The molecule has 3 heteroatoms. The van der Waals surface area contributed by atoms with Crippen LogP contribution in [-0.2, 0) is 0 Å². The van der Waals surface area contributed by atoms with Crippen LogP contribution in [0.15, 0.2) is 18.3 Å². The number of pyridine rings is 1. The molecule has 0 bridgehead atoms. The lowest BCUT2D eigenvalue weighted by Gasteiger charge is -2.27. The topological polar surface area (TPSA) is 28.2 Å². The highest BCUT2D eigenvalue weighted by Crippen LogP contribution is 2.23. The first-order valence-corrected chi connectivity index (χ1v) is 5.15. The third kappa shape index (κ3) is 1.97. The van der Waals surface area contributed by atoms with Gasteiger partial charge in [0.25, 0.3) is 0 Å². The van der Waals surface area contributed by atoms with Crippen LogP contribution in [0.3, 0.4) is 0 Å². The lowest BCUT2D eigenvalue weighted by atomic mass is 9.93. The standard InChI is InChI=1S/C11H17N3/c1-14(2)10-6-7-12-11(8-10)13-9-4-3-5-9/h6-9H,3-5H2,1-2H3,(H,12,13). The van der Waals surface area contributed by atoms with Crippen molar-refractivity contribution in [2.24, 2.45) is 0 Å². The van der Waals surface area contributed by atoms with Gasteiger partial charge in [0.1, 0.15) is 5.82 Å². The van der Waals surface area contributed by atoms with Gasteiger partial charge in [-0.25, -0.2) is 4.98 Å². The molecular weight excluding hydrogens is 174 g/mol. The lowest BCUT2D eigenvalue weighted by molar-refractivity contribution is 0.444. The fourth-order valence-corrected chi connectivity index (χ4v) is 1.54. The maximum atomic E-state index is 4.31. The highest BCUT2D eigenvalue weighted by atomic mass is 15.1. The SMILES string of the molecule is CN(C)c1ccnc(NC2CCC2)c1. The third-order valence-corrected chi connectivity index (χ3v) is 2.72. The van der Waals surface area contributed by atoms with Crippen LogP contribution in [-0.4, -0.2) is 25.1 Å². The minimum absolute atomic E-state index is 0.653. The molecule has 0 unspecified atom stereocenters. The summed E-state index contributed by atoms with van der Waals surface area (Å²) in [4.78, 5) is 6.40. The van der Waals surface area contributed by atoms with E-state index < -0.39 is 0 Å². The summed E-state index contributed by atoms with van der Waals surface area (Å²) in [6.07, 6.45) is 5.78. The van der Waals surface area contributed by atoms with Gasteiger partial charge in [0.15, 0.2) is 0 Å². The van der Waals surface area contributed by atoms with Gasteiger partial charge in [-0.05, 0) is 25.3 Å². The summed E-state index contributed by atoms with van der Waals surface area (Å²) in [6, 6.07) is 4.77. The molecule has 14 heavy (non-hydrogen) atoms. The smallest absolute Gasteiger partial charge is 0.128 e. The van der Waals surface area contributed by atoms with Crippen molar-refractivity contribution in [2.45, 2.75) is 25.3 Å². The molecule has 0 saturated heterocycles. The number of rotatable bonds is 3. The molecule has 1 heterocycles. The number of aromatic nitrogens is 1. The van der Waals surface area contributed by atoms with E-state index in [0.717, 1.165) is 5.82 Å². The molecule has 0 amide bonds. The van der Waals surface area contributed by atoms with Crippen molar-refractivity contribution in [3.8, 4) is 0 Å². The van der Waals surface area contributed by atoms with Gasteiger partial charge in [0, 0.05) is 38.1 Å². The van der Waals surface area contributed by atoms with Crippen LogP contribution in [0.5, 0.6) is 0 Å². The molecule has 1 aromatic heterocycles. The highest BCUT2D eigenvalue weighted by Gasteiger charge is 2.17. The van der Waals surface area contributed by atoms with Gasteiger partial charge in [0.2, 0.25) is 0 Å². The second-order valence-electron chi connectivity index (χ2n) is 4.07. The summed E-state index contributed by atoms with van der Waals surface area (Å²) in [6.45, 7) is 0. The molecule has 1 aliphatic rings. The van der Waals surface area contributed by atoms with Crippen molar-refractivity contribution in [1.29, 1.82) is 0 Å². The normalized spacial score (nSPS) is 16.1. The van der Waals surface area contributed by atoms with Crippen LogP contribution in [0.1, 0.15) is 19.3 Å². The Morgan fingerprint density at radius 2 is 2.21 bits per heavy atom. The van der Waals surface area contributed by atoms with Gasteiger partial charge in [0.05, 0.1) is 0 Å². The molecule has 2 rings (SSSR count). The number of hydrogen-bond donors (Lipinski definition) is 1. The first-order valence-electron chi connectivity index (χ1n) is 5.15. The molecule has 1 saturated carbocycles. The molecular formula is C11H17N3. The van der Waals surface area contributed by atoms with E-state index in [1.165, 1.54) is 24.9 Å². The molecule has 0 atom stereocenters. The average molecular weight is 191 g/mol. The average Bonchev–Trinajstić information content (AvgIpc) is 2.12. The van der Waals surface area contributed by atoms with Gasteiger partial charge in [-0.2, -0.15) is 0 Å². The predicted molar refractivity (Wildman–Crippen MR) is 59.8 cm³/mol. The summed E-state index contributed by atoms with van der Waals surface area (Å²) in [5.74, 6) is 1.00. The first-order chi connectivity index (χ1) is 6.75. The zero-order chi connectivity index (χ0) is 9.97. The number of hydrogen-bond acceptors (Lipinski definition) is 3. The summed E-state index contributed by atoms with van der Waals surface area (Å²) in [5.41, 5.74) is 1.20. The number of nitrogens with zero attached hydrogens (tertiary/aromatic N) is 2. The van der Waals surface area contributed by atoms with Crippen LogP contribution in [0, 0.1) is 0 Å². The van der Waals surface area contributed by atoms with Crippen LogP contribution < -0.4 is 10.2 Å². The zero-order valence-electron chi connectivity index (χ0n) is 8.83. The predicted octanol–water partition coefficient (Wildman–Crippen LogP) is 2.11. The van der Waals surface area contributed by atoms with E-state index in [1.54, 1.807) is 0 Å².